The quantitative estimate of drug-likeness (QED) is 0.525. The molecule has 29 heavy (non-hydrogen) atoms. The zero-order chi connectivity index (χ0) is 20.6. The number of aryl methyl sites for hydroxylation is 1. The Balaban J connectivity index is 1.63. The summed E-state index contributed by atoms with van der Waals surface area (Å²) in [6.07, 6.45) is -4.61. The fourth-order valence-corrected chi connectivity index (χ4v) is 3.64. The molecule has 0 aliphatic heterocycles. The highest BCUT2D eigenvalue weighted by Gasteiger charge is 2.34. The van der Waals surface area contributed by atoms with Gasteiger partial charge in [0.05, 0.1) is 12.2 Å². The van der Waals surface area contributed by atoms with Crippen molar-refractivity contribution in [3.8, 4) is 16.6 Å². The highest BCUT2D eigenvalue weighted by atomic mass is 32.1. The van der Waals surface area contributed by atoms with Crippen LogP contribution in [0.2, 0.25) is 0 Å². The molecule has 10 heteroatoms. The van der Waals surface area contributed by atoms with E-state index in [1.54, 1.807) is 0 Å². The van der Waals surface area contributed by atoms with E-state index >= 15 is 0 Å². The topological polar surface area (TPSA) is 78.9 Å². The Morgan fingerprint density at radius 1 is 1.21 bits per heavy atom. The molecule has 1 aromatic carbocycles. The molecule has 0 saturated carbocycles. The molecule has 0 aliphatic rings. The second kappa shape index (κ2) is 7.18. The first-order valence-corrected chi connectivity index (χ1v) is 9.36. The summed E-state index contributed by atoms with van der Waals surface area (Å²) in [5, 5.41) is 19.4. The number of fused-ring (bicyclic) bond motifs is 1. The lowest BCUT2D eigenvalue weighted by Crippen LogP contribution is -2.11. The zero-order valence-corrected chi connectivity index (χ0v) is 15.8. The summed E-state index contributed by atoms with van der Waals surface area (Å²) < 4.78 is 40.4. The minimum Gasteiger partial charge on any atom is -0.362 e. The standard InChI is InChI=1S/C19H13F3N6S/c1-11-7-15(19(20,21)22)26-17-14(8-23)16(27-28(11)17)24-9-13-10-29-18(25-13)12-5-3-2-4-6-12/h2-7,10H,9H2,1H3,(H,24,27). The Morgan fingerprint density at radius 3 is 2.66 bits per heavy atom. The van der Waals surface area contributed by atoms with Gasteiger partial charge in [-0.15, -0.1) is 16.4 Å². The number of rotatable bonds is 4. The van der Waals surface area contributed by atoms with Crippen molar-refractivity contribution < 1.29 is 13.2 Å². The lowest BCUT2D eigenvalue weighted by molar-refractivity contribution is -0.141. The molecule has 0 fully saturated rings. The lowest BCUT2D eigenvalue weighted by atomic mass is 10.2. The molecule has 3 heterocycles. The largest absolute Gasteiger partial charge is 0.433 e. The van der Waals surface area contributed by atoms with Crippen molar-refractivity contribution in [3.63, 3.8) is 0 Å². The lowest BCUT2D eigenvalue weighted by Gasteiger charge is -2.07. The smallest absolute Gasteiger partial charge is 0.362 e. The number of benzene rings is 1. The van der Waals surface area contributed by atoms with Crippen molar-refractivity contribution in [2.45, 2.75) is 19.6 Å². The number of halogens is 3. The summed E-state index contributed by atoms with van der Waals surface area (Å²) >= 11 is 1.48. The summed E-state index contributed by atoms with van der Waals surface area (Å²) in [4.78, 5) is 8.14. The maximum absolute atomic E-state index is 13.1. The average molecular weight is 414 g/mol. The summed E-state index contributed by atoms with van der Waals surface area (Å²) in [5.41, 5.74) is 0.719. The predicted molar refractivity (Wildman–Crippen MR) is 102 cm³/mol. The third-order valence-corrected chi connectivity index (χ3v) is 5.12. The first-order valence-electron chi connectivity index (χ1n) is 8.48. The molecule has 146 valence electrons. The van der Waals surface area contributed by atoms with Crippen LogP contribution in [0.4, 0.5) is 19.0 Å². The number of hydrogen-bond donors (Lipinski definition) is 1. The molecule has 0 radical (unpaired) electrons. The molecule has 4 rings (SSSR count). The van der Waals surface area contributed by atoms with Crippen molar-refractivity contribution >= 4 is 22.8 Å². The second-order valence-corrected chi connectivity index (χ2v) is 7.07. The number of aromatic nitrogens is 4. The van der Waals surface area contributed by atoms with E-state index in [0.29, 0.717) is 0 Å². The van der Waals surface area contributed by atoms with Gasteiger partial charge in [0.25, 0.3) is 0 Å². The van der Waals surface area contributed by atoms with Gasteiger partial charge in [-0.1, -0.05) is 30.3 Å². The van der Waals surface area contributed by atoms with Gasteiger partial charge in [0.15, 0.2) is 11.5 Å². The molecule has 4 aromatic rings. The van der Waals surface area contributed by atoms with Crippen LogP contribution in [0.1, 0.15) is 22.6 Å². The molecule has 0 spiro atoms. The molecule has 0 saturated heterocycles. The zero-order valence-electron chi connectivity index (χ0n) is 15.0. The van der Waals surface area contributed by atoms with Crippen molar-refractivity contribution in [3.05, 3.63) is 64.4 Å². The van der Waals surface area contributed by atoms with E-state index < -0.39 is 11.9 Å². The van der Waals surface area contributed by atoms with Crippen LogP contribution in [0, 0.1) is 18.3 Å². The molecule has 0 aliphatic carbocycles. The van der Waals surface area contributed by atoms with Crippen LogP contribution >= 0.6 is 11.3 Å². The minimum atomic E-state index is -4.61. The fourth-order valence-electron chi connectivity index (χ4n) is 2.81. The van der Waals surface area contributed by atoms with Crippen molar-refractivity contribution in [1.82, 2.24) is 19.6 Å². The maximum atomic E-state index is 13.1. The fraction of sp³-hybridized carbons (Fsp3) is 0.158. The highest BCUT2D eigenvalue weighted by molar-refractivity contribution is 7.13. The van der Waals surface area contributed by atoms with Crippen LogP contribution in [0.25, 0.3) is 16.2 Å². The Kier molecular flexibility index (Phi) is 4.68. The van der Waals surface area contributed by atoms with Gasteiger partial charge in [0.1, 0.15) is 22.3 Å². The number of alkyl halides is 3. The molecule has 1 N–H and O–H groups in total. The van der Waals surface area contributed by atoms with Crippen molar-refractivity contribution in [2.24, 2.45) is 0 Å². The number of nitrogens with zero attached hydrogens (tertiary/aromatic N) is 5. The van der Waals surface area contributed by atoms with Crippen LogP contribution < -0.4 is 5.32 Å². The van der Waals surface area contributed by atoms with E-state index in [9.17, 15) is 18.4 Å². The first kappa shape index (κ1) is 18.9. The first-order chi connectivity index (χ1) is 13.9. The number of thiazole rings is 1. The Hall–Kier alpha value is -3.45. The molecule has 0 amide bonds. The van der Waals surface area contributed by atoms with Gasteiger partial charge < -0.3 is 5.32 Å². The summed E-state index contributed by atoms with van der Waals surface area (Å²) in [6, 6.07) is 12.5. The van der Waals surface area contributed by atoms with E-state index in [0.717, 1.165) is 22.3 Å². The summed E-state index contributed by atoms with van der Waals surface area (Å²) in [6.45, 7) is 1.75. The van der Waals surface area contributed by atoms with Crippen LogP contribution in [0.3, 0.4) is 0 Å². The highest BCUT2D eigenvalue weighted by Crippen LogP contribution is 2.30. The average Bonchev–Trinajstić information content (AvgIpc) is 3.31. The van der Waals surface area contributed by atoms with Gasteiger partial charge in [-0.25, -0.2) is 14.5 Å². The number of anilines is 1. The number of hydrogen-bond acceptors (Lipinski definition) is 6. The van der Waals surface area contributed by atoms with E-state index in [1.165, 1.54) is 22.8 Å². The third kappa shape index (κ3) is 3.64. The van der Waals surface area contributed by atoms with Crippen molar-refractivity contribution in [1.29, 1.82) is 5.26 Å². The second-order valence-electron chi connectivity index (χ2n) is 6.21. The van der Waals surface area contributed by atoms with Gasteiger partial charge in [0.2, 0.25) is 0 Å². The maximum Gasteiger partial charge on any atom is 0.433 e. The predicted octanol–water partition coefficient (Wildman–Crippen LogP) is 4.66. The van der Waals surface area contributed by atoms with Crippen LogP contribution in [-0.4, -0.2) is 19.6 Å². The van der Waals surface area contributed by atoms with Crippen LogP contribution in [0.5, 0.6) is 0 Å². The van der Waals surface area contributed by atoms with Gasteiger partial charge in [-0.3, -0.25) is 0 Å². The number of nitrogens with one attached hydrogen (secondary N) is 1. The third-order valence-electron chi connectivity index (χ3n) is 4.18. The van der Waals surface area contributed by atoms with Gasteiger partial charge in [0, 0.05) is 16.6 Å². The minimum absolute atomic E-state index is 0.0438. The molecule has 3 aromatic heterocycles. The number of nitriles is 1. The molecular weight excluding hydrogens is 401 g/mol. The molecule has 0 atom stereocenters. The summed E-state index contributed by atoms with van der Waals surface area (Å²) in [7, 11) is 0. The van der Waals surface area contributed by atoms with Gasteiger partial charge >= 0.3 is 6.18 Å². The van der Waals surface area contributed by atoms with E-state index in [4.69, 9.17) is 0 Å². The Labute approximate surface area is 167 Å². The van der Waals surface area contributed by atoms with E-state index in [2.05, 4.69) is 20.4 Å². The normalized spacial score (nSPS) is 11.6. The van der Waals surface area contributed by atoms with Gasteiger partial charge in [-0.2, -0.15) is 18.4 Å². The van der Waals surface area contributed by atoms with Crippen molar-refractivity contribution in [2.75, 3.05) is 5.32 Å². The molecular formula is C19H13F3N6S. The Morgan fingerprint density at radius 2 is 1.97 bits per heavy atom. The van der Waals surface area contributed by atoms with Gasteiger partial charge in [-0.05, 0) is 13.0 Å². The van der Waals surface area contributed by atoms with Crippen LogP contribution in [0.15, 0.2) is 41.8 Å². The molecule has 0 bridgehead atoms. The van der Waals surface area contributed by atoms with Crippen LogP contribution in [-0.2, 0) is 12.7 Å². The van der Waals surface area contributed by atoms with E-state index in [-0.39, 0.29) is 29.3 Å². The van der Waals surface area contributed by atoms with E-state index in [1.807, 2.05) is 41.8 Å². The molecule has 6 nitrogen and oxygen atoms in total. The monoisotopic (exact) mass is 414 g/mol. The molecule has 0 unspecified atom stereocenters. The SMILES string of the molecule is Cc1cc(C(F)(F)F)nc2c(C#N)c(NCc3csc(-c4ccccc4)n3)nn12. The Bertz CT molecular complexity index is 1220. The summed E-state index contributed by atoms with van der Waals surface area (Å²) in [5.74, 6) is 0.164.